The third-order valence-corrected chi connectivity index (χ3v) is 34.7. The van der Waals surface area contributed by atoms with Gasteiger partial charge in [0.25, 0.3) is 11.6 Å². The van der Waals surface area contributed by atoms with Gasteiger partial charge in [-0.05, 0) is 279 Å². The lowest BCUT2D eigenvalue weighted by Crippen LogP contribution is -2.76. The molecule has 6 saturated heterocycles. The fourth-order valence-corrected chi connectivity index (χ4v) is 28.1. The molecule has 27 atom stereocenters. The van der Waals surface area contributed by atoms with Gasteiger partial charge in [0.1, 0.15) is 144 Å². The van der Waals surface area contributed by atoms with E-state index in [1.54, 1.807) is 85.5 Å². The average Bonchev–Trinajstić information content (AvgIpc) is 0.664. The third-order valence-electron chi connectivity index (χ3n) is 34.1. The van der Waals surface area contributed by atoms with Gasteiger partial charge in [-0.25, -0.2) is 9.78 Å². The number of hydrogen-bond donors (Lipinski definition) is 16. The number of nitrogens with zero attached hydrogens (tertiary/aromatic N) is 2. The van der Waals surface area contributed by atoms with Crippen molar-refractivity contribution in [1.82, 2.24) is 0 Å². The van der Waals surface area contributed by atoms with Gasteiger partial charge in [-0.3, -0.25) is 0 Å². The van der Waals surface area contributed by atoms with E-state index in [4.69, 9.17) is 108 Å². The lowest BCUT2D eigenvalue weighted by atomic mass is 9.47. The Hall–Kier alpha value is -6.84. The Kier molecular flexibility index (Phi) is 28.1. The number of aliphatic hydroxyl groups is 16. The number of allylic oxidation sites excluding steroid dienone is 5. The Morgan fingerprint density at radius 3 is 1.28 bits per heavy atom. The van der Waals surface area contributed by atoms with Gasteiger partial charge in [0.2, 0.25) is 25.2 Å². The molecule has 16 N–H and O–H groups in total. The van der Waals surface area contributed by atoms with Crippen molar-refractivity contribution in [3.8, 4) is 35.1 Å². The maximum absolute atomic E-state index is 10.5. The first kappa shape index (κ1) is 94.2. The third kappa shape index (κ3) is 17.8. The Bertz CT molecular complexity index is 5540. The number of nitriles is 2. The molecule has 2 spiro atoms. The summed E-state index contributed by atoms with van der Waals surface area (Å²) in [6.45, 7) is -2.36. The summed E-state index contributed by atoms with van der Waals surface area (Å²) < 4.78 is 116. The van der Waals surface area contributed by atoms with Crippen LogP contribution in [0, 0.1) is 93.7 Å². The highest BCUT2D eigenvalue weighted by Gasteiger charge is 2.78. The van der Waals surface area contributed by atoms with Crippen molar-refractivity contribution >= 4 is 34.7 Å². The zero-order valence-corrected chi connectivity index (χ0v) is 79.5. The predicted molar refractivity (Wildman–Crippen MR) is 494 cm³/mol. The van der Waals surface area contributed by atoms with E-state index in [0.29, 0.717) is 58.0 Å². The van der Waals surface area contributed by atoms with Gasteiger partial charge in [-0.1, -0.05) is 70.5 Å². The molecule has 15 unspecified atom stereocenters. The number of rotatable bonds is 20. The van der Waals surface area contributed by atoms with Crippen LogP contribution in [0.1, 0.15) is 209 Å². The molecule has 0 aromatic heterocycles. The van der Waals surface area contributed by atoms with E-state index < -0.39 is 186 Å². The molecule has 14 aliphatic carbocycles. The fourth-order valence-electron chi connectivity index (χ4n) is 27.8. The van der Waals surface area contributed by atoms with Crippen LogP contribution in [-0.2, 0) is 69.0 Å². The van der Waals surface area contributed by atoms with E-state index in [2.05, 4.69) is 12.1 Å². The minimum Gasteiger partial charge on any atom is -0.496 e. The minimum atomic E-state index is -2.80. The Morgan fingerprint density at radius 2 is 0.807 bits per heavy atom. The van der Waals surface area contributed by atoms with E-state index in [9.17, 15) is 92.2 Å². The maximum Gasteiger partial charge on any atom is 0.261 e. The van der Waals surface area contributed by atoms with Gasteiger partial charge in [0.15, 0.2) is 11.2 Å². The van der Waals surface area contributed by atoms with Gasteiger partial charge in [-0.15, -0.1) is 0 Å². The first-order valence-corrected chi connectivity index (χ1v) is 50.3. The van der Waals surface area contributed by atoms with Crippen molar-refractivity contribution in [3.63, 3.8) is 0 Å². The molecule has 6 aliphatic heterocycles. The molecule has 10 saturated carbocycles. The molecule has 4 aromatic carbocycles. The van der Waals surface area contributed by atoms with Crippen LogP contribution in [0.2, 0.25) is 10.0 Å². The number of methoxy groups -OCH3 is 4. The smallest absolute Gasteiger partial charge is 0.261 e. The molecule has 0 amide bonds. The molecule has 34 nitrogen and oxygen atoms in total. The maximum atomic E-state index is 10.5. The SMILES string of the molecule is CO/C(=C1\C2CCCC1C1=C(CCCC1)C2)c1ccc(C#N)c(O[C@@H]2OC(CO)[C@@H](O)C(O)[C@@H]2O)c1.COC1(c2ccc(C#N)c(O[C@@H]3OC(CO)[C@@H](O)C(O)[C@@H]3O)c2)OOC12C1CCCC2C2=C(CCCC2)C1.[2H]C([2H])([2H])OC(=C1C2CC3CC(C2)CC1C3)c1ccc(Cl)c(O[C@@H]2OC(CO)[C@@H](O)C(O)[C@@H]2O)c1.[2H]C([2H])([2H])OC1(c2ccc(Cl)c(O[C@@H]3OC(CO)[C@@H](O)C(O)[C@@H]3O)c2)OOC12C1CC3CC(C1)CC2C3. The number of fused-ring (bicyclic) bond motifs is 4. The van der Waals surface area contributed by atoms with Crippen LogP contribution >= 0.6 is 23.2 Å². The summed E-state index contributed by atoms with van der Waals surface area (Å²) in [7, 11) is -2.17. The summed E-state index contributed by atoms with van der Waals surface area (Å²) in [6, 6.07) is 23.7. The van der Waals surface area contributed by atoms with E-state index in [-0.39, 0.29) is 79.7 Å². The van der Waals surface area contributed by atoms with Crippen LogP contribution < -0.4 is 18.9 Å². The van der Waals surface area contributed by atoms with Crippen LogP contribution in [0.25, 0.3) is 11.5 Å². The summed E-state index contributed by atoms with van der Waals surface area (Å²) >= 11 is 12.7. The molecular weight excluding hydrogens is 1860 g/mol. The monoisotopic (exact) mass is 2000 g/mol. The highest BCUT2D eigenvalue weighted by atomic mass is 35.5. The first-order valence-electron chi connectivity index (χ1n) is 52.6. The highest BCUT2D eigenvalue weighted by Crippen LogP contribution is 2.71. The van der Waals surface area contributed by atoms with Crippen molar-refractivity contribution in [2.45, 2.75) is 313 Å². The molecule has 6 heterocycles. The lowest BCUT2D eigenvalue weighted by Gasteiger charge is -2.68. The van der Waals surface area contributed by atoms with E-state index in [1.165, 1.54) is 74.6 Å². The zero-order valence-electron chi connectivity index (χ0n) is 84.0. The van der Waals surface area contributed by atoms with Crippen molar-refractivity contribution in [2.24, 2.45) is 71.0 Å². The van der Waals surface area contributed by atoms with Crippen molar-refractivity contribution in [3.05, 3.63) is 150 Å². The Balaban J connectivity index is 0.000000123. The van der Waals surface area contributed by atoms with Crippen LogP contribution in [-0.4, -0.2) is 270 Å². The highest BCUT2D eigenvalue weighted by molar-refractivity contribution is 6.32. The number of benzene rings is 4. The van der Waals surface area contributed by atoms with Gasteiger partial charge in [0, 0.05) is 54.2 Å². The molecule has 36 heteroatoms. The topological polar surface area (TPSA) is 519 Å². The minimum absolute atomic E-state index is 0.00600. The van der Waals surface area contributed by atoms with E-state index in [0.717, 1.165) is 132 Å². The molecular formula is C104H132Cl2N2O32. The number of ether oxygens (including phenoxy) is 12. The molecule has 24 rings (SSSR count). The number of halogens is 2. The van der Waals surface area contributed by atoms with Gasteiger partial charge in [0.05, 0.1) is 70.0 Å². The fraction of sp³-hybridized carbons (Fsp3) is 0.673. The number of aliphatic hydroxyl groups excluding tert-OH is 16. The molecule has 4 aromatic rings. The van der Waals surface area contributed by atoms with Crippen LogP contribution in [0.3, 0.4) is 0 Å². The first-order chi connectivity index (χ1) is 69.9. The second-order valence-corrected chi connectivity index (χ2v) is 42.4. The second-order valence-electron chi connectivity index (χ2n) is 41.6. The predicted octanol–water partition coefficient (Wildman–Crippen LogP) is 8.52. The largest absolute Gasteiger partial charge is 0.496 e. The van der Waals surface area contributed by atoms with Gasteiger partial charge in [-0.2, -0.15) is 20.3 Å². The van der Waals surface area contributed by atoms with Crippen LogP contribution in [0.15, 0.2) is 106 Å². The summed E-state index contributed by atoms with van der Waals surface area (Å²) in [5.74, 6) is 3.00. The summed E-state index contributed by atoms with van der Waals surface area (Å²) in [4.78, 5) is 23.6. The molecule has 0 radical (unpaired) electrons. The zero-order chi connectivity index (χ0) is 103. The summed E-state index contributed by atoms with van der Waals surface area (Å²) in [6.07, 6.45) is -0.717. The molecule has 764 valence electrons. The molecule has 16 fully saturated rings. The Labute approximate surface area is 830 Å². The van der Waals surface area contributed by atoms with Crippen molar-refractivity contribution in [1.29, 1.82) is 10.5 Å². The van der Waals surface area contributed by atoms with Crippen molar-refractivity contribution in [2.75, 3.05) is 54.7 Å². The molecule has 12 bridgehead atoms. The Morgan fingerprint density at radius 1 is 0.393 bits per heavy atom. The normalized spacial score (nSPS) is 42.6. The summed E-state index contributed by atoms with van der Waals surface area (Å²) in [5.41, 5.74) is 9.64. The molecule has 20 aliphatic rings. The van der Waals surface area contributed by atoms with Crippen LogP contribution in [0.4, 0.5) is 0 Å². The van der Waals surface area contributed by atoms with E-state index in [1.807, 2.05) is 6.07 Å². The summed E-state index contributed by atoms with van der Waals surface area (Å²) in [5, 5.41) is 180. The van der Waals surface area contributed by atoms with E-state index >= 15 is 0 Å². The standard InChI is InChI=1S/C28H35NO9.C28H35NO7.C24H31ClO9.C24H31ClO7/c1-34-28(27(37-38-28)17-6-4-8-20(27)19-7-3-2-5-15(19)11-17)18-10-9-16(13-29)21(12-18)35-26-25(33)24(32)23(31)22(14-30)36-26;1-34-27(23-16-6-4-8-20(23)19-7-3-2-5-15(19)11-16)17-9-10-18(13-29)21(12-17)35-28-26(33)25(32)24(31)22(14-30)36-28;1-30-24(23(33-34-24)14-5-11-4-12(7-14)8-15(23)6-11)13-2-3-16(25)17(9-13)31-22-21(29)20(28)19(27)18(10-26)32-22;1-30-23(19-14-5-11-4-12(7-14)8-15(19)6-11)13-2-3-16(25)17(9-13)31-24-22(29)21(28)20(27)18(10-26)32-24/h9-10,12,17,20,22-26,30-33H,2-8,11,14H2,1H3;9-10,12,16,20,22,24-26,28,30-33H,2-8,11,14H2,1H3;2-3,9,11-12,14-15,18-22,26-29H,4-8,10H2,1H3;2-3,9,11-12,14-15,18,20-22,24,26-29H,4-8,10H2,1H3/b;27-23+;;/t17?,20?,22?,23-,24?,25+,26-,27?,28?;16?,20?,22?,24-,25?,26+,28-;11?,12?,14?,15?,18?,19-,20?,21+,22-,23?,24?;11?,12?,14?,15?,18?,20-,21?,22+,24-/m1111/s1/i;;2*1D3. The quantitative estimate of drug-likeness (QED) is 0.0224. The van der Waals surface area contributed by atoms with Crippen molar-refractivity contribution < 1.29 is 166 Å². The lowest BCUT2D eigenvalue weighted by molar-refractivity contribution is -0.645. The van der Waals surface area contributed by atoms with Crippen LogP contribution in [0.5, 0.6) is 23.0 Å². The van der Waals surface area contributed by atoms with Gasteiger partial charge < -0.3 is 139 Å². The average molecular weight is 2000 g/mol. The van der Waals surface area contributed by atoms with Gasteiger partial charge >= 0.3 is 0 Å². The number of hydrogen-bond acceptors (Lipinski definition) is 34. The molecule has 140 heavy (non-hydrogen) atoms. The second kappa shape index (κ2) is 41.8.